The average Bonchev–Trinajstić information content (AvgIpc) is 2.60. The lowest BCUT2D eigenvalue weighted by atomic mass is 10.2. The summed E-state index contributed by atoms with van der Waals surface area (Å²) in [5.41, 5.74) is 5.22. The van der Waals surface area contributed by atoms with Crippen molar-refractivity contribution < 1.29 is 27.5 Å². The quantitative estimate of drug-likeness (QED) is 0.734. The van der Waals surface area contributed by atoms with Gasteiger partial charge in [-0.1, -0.05) is 0 Å². The zero-order valence-corrected chi connectivity index (χ0v) is 14.2. The Kier molecular flexibility index (Phi) is 5.30. The molecule has 24 heavy (non-hydrogen) atoms. The number of rotatable bonds is 4. The number of primary amides is 1. The van der Waals surface area contributed by atoms with E-state index in [0.29, 0.717) is 5.75 Å². The second-order valence-corrected chi connectivity index (χ2v) is 7.01. The van der Waals surface area contributed by atoms with E-state index in [0.717, 1.165) is 11.4 Å². The highest BCUT2D eigenvalue weighted by Gasteiger charge is 2.41. The van der Waals surface area contributed by atoms with Gasteiger partial charge in [-0.25, -0.2) is 13.2 Å². The van der Waals surface area contributed by atoms with E-state index in [1.165, 1.54) is 36.3 Å². The molecule has 0 aliphatic carbocycles. The number of amides is 2. The van der Waals surface area contributed by atoms with Crippen LogP contribution in [0.3, 0.4) is 0 Å². The number of hydrogen-bond donors (Lipinski definition) is 1. The van der Waals surface area contributed by atoms with E-state index in [2.05, 4.69) is 4.74 Å². The van der Waals surface area contributed by atoms with E-state index in [-0.39, 0.29) is 24.5 Å². The summed E-state index contributed by atoms with van der Waals surface area (Å²) >= 11 is 0. The molecule has 2 rings (SSSR count). The molecule has 1 unspecified atom stereocenters. The Bertz CT molecular complexity index is 719. The number of esters is 1. The van der Waals surface area contributed by atoms with Crippen LogP contribution in [0.15, 0.2) is 29.2 Å². The van der Waals surface area contributed by atoms with Gasteiger partial charge >= 0.3 is 12.0 Å². The third-order valence-electron chi connectivity index (χ3n) is 3.78. The molecule has 1 saturated heterocycles. The fourth-order valence-corrected chi connectivity index (χ4v) is 4.03. The number of nitrogens with zero attached hydrogens (tertiary/aromatic N) is 2. The van der Waals surface area contributed by atoms with Crippen molar-refractivity contribution in [2.45, 2.75) is 10.9 Å². The number of methoxy groups -OCH3 is 2. The van der Waals surface area contributed by atoms with Crippen LogP contribution in [0.4, 0.5) is 4.79 Å². The molecule has 1 aromatic carbocycles. The van der Waals surface area contributed by atoms with Crippen molar-refractivity contribution in [1.29, 1.82) is 0 Å². The minimum atomic E-state index is -3.94. The summed E-state index contributed by atoms with van der Waals surface area (Å²) in [6.45, 7) is -0.118. The van der Waals surface area contributed by atoms with E-state index < -0.39 is 28.1 Å². The molecule has 0 spiro atoms. The number of carbonyl (C=O) groups is 2. The van der Waals surface area contributed by atoms with E-state index in [1.807, 2.05) is 0 Å². The van der Waals surface area contributed by atoms with E-state index in [1.54, 1.807) is 0 Å². The molecule has 1 heterocycles. The van der Waals surface area contributed by atoms with Crippen molar-refractivity contribution >= 4 is 22.0 Å². The molecular formula is C14H19N3O6S. The summed E-state index contributed by atoms with van der Waals surface area (Å²) < 4.78 is 36.4. The minimum absolute atomic E-state index is 0.0183. The summed E-state index contributed by atoms with van der Waals surface area (Å²) in [6.07, 6.45) is 0. The first kappa shape index (κ1) is 18.0. The Balaban J connectivity index is 2.35. The topological polar surface area (TPSA) is 119 Å². The summed E-state index contributed by atoms with van der Waals surface area (Å²) in [5.74, 6) is -0.241. The van der Waals surface area contributed by atoms with Crippen molar-refractivity contribution in [1.82, 2.24) is 9.21 Å². The Morgan fingerprint density at radius 3 is 2.29 bits per heavy atom. The monoisotopic (exact) mass is 357 g/mol. The van der Waals surface area contributed by atoms with Gasteiger partial charge in [-0.15, -0.1) is 0 Å². The molecular weight excluding hydrogens is 338 g/mol. The van der Waals surface area contributed by atoms with E-state index in [9.17, 15) is 18.0 Å². The van der Waals surface area contributed by atoms with Crippen molar-refractivity contribution in [3.63, 3.8) is 0 Å². The zero-order chi connectivity index (χ0) is 17.9. The number of ether oxygens (including phenoxy) is 2. The van der Waals surface area contributed by atoms with Gasteiger partial charge in [0.25, 0.3) is 0 Å². The second kappa shape index (κ2) is 7.05. The average molecular weight is 357 g/mol. The number of piperazine rings is 1. The van der Waals surface area contributed by atoms with E-state index >= 15 is 0 Å². The van der Waals surface area contributed by atoms with Crippen LogP contribution >= 0.6 is 0 Å². The van der Waals surface area contributed by atoms with Crippen LogP contribution in [0, 0.1) is 0 Å². The largest absolute Gasteiger partial charge is 0.497 e. The molecule has 1 aliphatic heterocycles. The fourth-order valence-electron chi connectivity index (χ4n) is 2.47. The van der Waals surface area contributed by atoms with Gasteiger partial charge in [0.1, 0.15) is 11.8 Å². The van der Waals surface area contributed by atoms with Gasteiger partial charge in [-0.05, 0) is 24.3 Å². The molecule has 0 bridgehead atoms. The van der Waals surface area contributed by atoms with Crippen LogP contribution in [0.1, 0.15) is 0 Å². The summed E-state index contributed by atoms with van der Waals surface area (Å²) in [6, 6.07) is 3.94. The lowest BCUT2D eigenvalue weighted by Crippen LogP contribution is -2.60. The van der Waals surface area contributed by atoms with Crippen molar-refractivity contribution in [3.05, 3.63) is 24.3 Å². The highest BCUT2D eigenvalue weighted by atomic mass is 32.2. The molecule has 10 heteroatoms. The van der Waals surface area contributed by atoms with Gasteiger partial charge in [0, 0.05) is 19.6 Å². The molecule has 0 saturated carbocycles. The number of urea groups is 1. The highest BCUT2D eigenvalue weighted by Crippen LogP contribution is 2.24. The minimum Gasteiger partial charge on any atom is -0.497 e. The Hall–Kier alpha value is -2.33. The van der Waals surface area contributed by atoms with Crippen LogP contribution in [0.5, 0.6) is 5.75 Å². The predicted octanol–water partition coefficient (Wildman–Crippen LogP) is -0.378. The van der Waals surface area contributed by atoms with Gasteiger partial charge in [0.05, 0.1) is 19.1 Å². The van der Waals surface area contributed by atoms with Crippen molar-refractivity contribution in [2.24, 2.45) is 5.73 Å². The number of nitrogens with two attached hydrogens (primary N) is 1. The molecule has 2 N–H and O–H groups in total. The van der Waals surface area contributed by atoms with Crippen molar-refractivity contribution in [2.75, 3.05) is 33.9 Å². The maximum atomic E-state index is 12.8. The first-order chi connectivity index (χ1) is 11.3. The first-order valence-corrected chi connectivity index (χ1v) is 8.53. The Morgan fingerprint density at radius 2 is 1.79 bits per heavy atom. The zero-order valence-electron chi connectivity index (χ0n) is 13.3. The van der Waals surface area contributed by atoms with Gasteiger partial charge in [-0.2, -0.15) is 4.31 Å². The van der Waals surface area contributed by atoms with E-state index in [4.69, 9.17) is 10.5 Å². The van der Waals surface area contributed by atoms with Crippen molar-refractivity contribution in [3.8, 4) is 5.75 Å². The standard InChI is InChI=1S/C14H19N3O6S/c1-22-10-3-5-11(6-4-10)24(20,21)17-8-7-16(14(15)19)9-12(17)13(18)23-2/h3-6,12H,7-9H2,1-2H3,(H2,15,19). The SMILES string of the molecule is COC(=O)C1CN(C(N)=O)CCN1S(=O)(=O)c1ccc(OC)cc1. The Labute approximate surface area is 140 Å². The molecule has 0 radical (unpaired) electrons. The molecule has 1 aromatic rings. The second-order valence-electron chi connectivity index (χ2n) is 5.11. The molecule has 0 aromatic heterocycles. The maximum absolute atomic E-state index is 12.8. The van der Waals surface area contributed by atoms with Crippen LogP contribution in [0.25, 0.3) is 0 Å². The van der Waals surface area contributed by atoms with Crippen LogP contribution < -0.4 is 10.5 Å². The van der Waals surface area contributed by atoms with Crippen LogP contribution in [-0.4, -0.2) is 69.5 Å². The summed E-state index contributed by atoms with van der Waals surface area (Å²) in [5, 5.41) is 0. The lowest BCUT2D eigenvalue weighted by Gasteiger charge is -2.38. The normalized spacial score (nSPS) is 18.9. The van der Waals surface area contributed by atoms with Gasteiger partial charge in [0.2, 0.25) is 10.0 Å². The fraction of sp³-hybridized carbons (Fsp3) is 0.429. The molecule has 9 nitrogen and oxygen atoms in total. The number of sulfonamides is 1. The number of carbonyl (C=O) groups excluding carboxylic acids is 2. The molecule has 1 aliphatic rings. The molecule has 1 atom stereocenters. The first-order valence-electron chi connectivity index (χ1n) is 7.09. The third-order valence-corrected chi connectivity index (χ3v) is 5.70. The third kappa shape index (κ3) is 3.44. The lowest BCUT2D eigenvalue weighted by molar-refractivity contribution is -0.146. The molecule has 2 amide bonds. The summed E-state index contributed by atoms with van der Waals surface area (Å²) in [4.78, 5) is 24.5. The summed E-state index contributed by atoms with van der Waals surface area (Å²) in [7, 11) is -1.31. The molecule has 132 valence electrons. The number of hydrogen-bond acceptors (Lipinski definition) is 6. The highest BCUT2D eigenvalue weighted by molar-refractivity contribution is 7.89. The molecule has 1 fully saturated rings. The van der Waals surface area contributed by atoms with Crippen LogP contribution in [-0.2, 0) is 19.6 Å². The van der Waals surface area contributed by atoms with Crippen LogP contribution in [0.2, 0.25) is 0 Å². The number of benzene rings is 1. The predicted molar refractivity (Wildman–Crippen MR) is 83.8 cm³/mol. The van der Waals surface area contributed by atoms with Gasteiger partial charge in [0.15, 0.2) is 0 Å². The Morgan fingerprint density at radius 1 is 1.17 bits per heavy atom. The van der Waals surface area contributed by atoms with Gasteiger partial charge in [-0.3, -0.25) is 4.79 Å². The maximum Gasteiger partial charge on any atom is 0.326 e. The smallest absolute Gasteiger partial charge is 0.326 e. The van der Waals surface area contributed by atoms with Gasteiger partial charge < -0.3 is 20.1 Å².